The van der Waals surface area contributed by atoms with Gasteiger partial charge in [-0.1, -0.05) is 40.2 Å². The maximum absolute atomic E-state index is 12.0. The van der Waals surface area contributed by atoms with Gasteiger partial charge >= 0.3 is 5.97 Å². The number of nitrogens with zero attached hydrogens (tertiary/aromatic N) is 1. The topological polar surface area (TPSA) is 38.8 Å². The molecule has 0 saturated carbocycles. The van der Waals surface area contributed by atoms with Crippen LogP contribution in [0.2, 0.25) is 0 Å². The molecule has 0 spiro atoms. The Kier molecular flexibility index (Phi) is 7.01. The first-order chi connectivity index (χ1) is 13.7. The molecule has 0 bridgehead atoms. The number of aryl methyl sites for hydroxylation is 1. The summed E-state index contributed by atoms with van der Waals surface area (Å²) < 4.78 is 7.01. The summed E-state index contributed by atoms with van der Waals surface area (Å²) in [5.41, 5.74) is 3.20. The second kappa shape index (κ2) is 9.31. The fourth-order valence-electron chi connectivity index (χ4n) is 3.29. The van der Waals surface area contributed by atoms with Gasteiger partial charge in [0.2, 0.25) is 0 Å². The minimum absolute atomic E-state index is 0.165. The molecular formula is C24H30BrNO3. The van der Waals surface area contributed by atoms with Gasteiger partial charge in [-0.15, -0.1) is 5.06 Å². The third-order valence-electron chi connectivity index (χ3n) is 5.26. The van der Waals surface area contributed by atoms with Crippen molar-refractivity contribution in [1.82, 2.24) is 5.06 Å². The van der Waals surface area contributed by atoms with Gasteiger partial charge in [0.25, 0.3) is 0 Å². The van der Waals surface area contributed by atoms with E-state index in [1.54, 1.807) is 0 Å². The number of piperidine rings is 1. The average Bonchev–Trinajstić information content (AvgIpc) is 2.69. The van der Waals surface area contributed by atoms with Crippen LogP contribution in [0.25, 0.3) is 0 Å². The molecule has 2 aromatic rings. The highest BCUT2D eigenvalue weighted by Crippen LogP contribution is 2.29. The Morgan fingerprint density at radius 2 is 1.76 bits per heavy atom. The Morgan fingerprint density at radius 1 is 1.10 bits per heavy atom. The molecule has 1 aliphatic rings. The second-order valence-electron chi connectivity index (χ2n) is 8.77. The monoisotopic (exact) mass is 459 g/mol. The van der Waals surface area contributed by atoms with Crippen LogP contribution in [0, 0.1) is 12.3 Å². The molecule has 0 aliphatic carbocycles. The molecule has 1 heterocycles. The molecule has 0 radical (unpaired) electrons. The predicted molar refractivity (Wildman–Crippen MR) is 119 cm³/mol. The normalized spacial score (nSPS) is 15.9. The molecule has 1 saturated heterocycles. The van der Waals surface area contributed by atoms with Crippen LogP contribution in [-0.2, 0) is 16.2 Å². The summed E-state index contributed by atoms with van der Waals surface area (Å²) in [6.45, 7) is 9.81. The van der Waals surface area contributed by atoms with E-state index < -0.39 is 5.41 Å². The number of ether oxygens (including phenoxy) is 1. The summed E-state index contributed by atoms with van der Waals surface area (Å²) in [5, 5.41) is 1.81. The van der Waals surface area contributed by atoms with Crippen LogP contribution in [-0.4, -0.2) is 24.1 Å². The van der Waals surface area contributed by atoms with Crippen LogP contribution in [0.3, 0.4) is 0 Å². The van der Waals surface area contributed by atoms with Crippen molar-refractivity contribution in [1.29, 1.82) is 0 Å². The molecule has 0 amide bonds. The first kappa shape index (κ1) is 21.8. The van der Waals surface area contributed by atoms with Gasteiger partial charge in [-0.2, -0.15) is 0 Å². The average molecular weight is 460 g/mol. The second-order valence-corrected chi connectivity index (χ2v) is 9.63. The molecule has 1 aliphatic heterocycles. The van der Waals surface area contributed by atoms with E-state index >= 15 is 0 Å². The minimum Gasteiger partial charge on any atom is -0.489 e. The van der Waals surface area contributed by atoms with Crippen molar-refractivity contribution < 1.29 is 14.4 Å². The molecule has 0 N–H and O–H groups in total. The molecule has 2 aromatic carbocycles. The third-order valence-corrected chi connectivity index (χ3v) is 6.15. The fourth-order valence-corrected chi connectivity index (χ4v) is 3.54. The van der Waals surface area contributed by atoms with Crippen LogP contribution in [0.1, 0.15) is 56.2 Å². The lowest BCUT2D eigenvalue weighted by molar-refractivity contribution is -0.204. The summed E-state index contributed by atoms with van der Waals surface area (Å²) in [7, 11) is 0. The summed E-state index contributed by atoms with van der Waals surface area (Å²) in [6.07, 6.45) is 1.98. The van der Waals surface area contributed by atoms with Crippen molar-refractivity contribution in [3.05, 3.63) is 63.6 Å². The third kappa shape index (κ3) is 6.06. The van der Waals surface area contributed by atoms with Crippen LogP contribution in [0.5, 0.6) is 5.75 Å². The van der Waals surface area contributed by atoms with Crippen molar-refractivity contribution >= 4 is 21.9 Å². The molecule has 0 aromatic heterocycles. The largest absolute Gasteiger partial charge is 0.489 e. The Bertz CT molecular complexity index is 834. The summed E-state index contributed by atoms with van der Waals surface area (Å²) in [5.74, 6) is 1.22. The van der Waals surface area contributed by atoms with E-state index in [0.29, 0.717) is 12.5 Å². The van der Waals surface area contributed by atoms with Gasteiger partial charge in [-0.25, -0.2) is 4.79 Å². The quantitative estimate of drug-likeness (QED) is 0.547. The highest BCUT2D eigenvalue weighted by Gasteiger charge is 2.28. The highest BCUT2D eigenvalue weighted by molar-refractivity contribution is 9.10. The van der Waals surface area contributed by atoms with Gasteiger partial charge in [0.1, 0.15) is 12.4 Å². The van der Waals surface area contributed by atoms with Gasteiger partial charge < -0.3 is 9.57 Å². The van der Waals surface area contributed by atoms with E-state index in [1.807, 2.05) is 44.0 Å². The maximum atomic E-state index is 12.0. The Hall–Kier alpha value is -1.85. The summed E-state index contributed by atoms with van der Waals surface area (Å²) in [6, 6.07) is 14.7. The van der Waals surface area contributed by atoms with Gasteiger partial charge in [-0.05, 0) is 81.3 Å². The van der Waals surface area contributed by atoms with Crippen LogP contribution >= 0.6 is 15.9 Å². The number of benzene rings is 2. The van der Waals surface area contributed by atoms with E-state index in [2.05, 4.69) is 47.1 Å². The number of hydroxylamine groups is 2. The number of carbonyl (C=O) groups is 1. The van der Waals surface area contributed by atoms with Crippen LogP contribution in [0.4, 0.5) is 0 Å². The SMILES string of the molecule is Cc1cc(OCc2ccc(C3CCN(OC(=O)C(C)(C)C)CC3)cc2)ccc1Br. The van der Waals surface area contributed by atoms with Crippen molar-refractivity contribution in [2.45, 2.75) is 53.1 Å². The smallest absolute Gasteiger partial charge is 0.330 e. The molecular weight excluding hydrogens is 430 g/mol. The molecule has 0 unspecified atom stereocenters. The Labute approximate surface area is 182 Å². The van der Waals surface area contributed by atoms with E-state index in [4.69, 9.17) is 9.57 Å². The van der Waals surface area contributed by atoms with Gasteiger partial charge in [0.05, 0.1) is 5.41 Å². The molecule has 5 heteroatoms. The summed E-state index contributed by atoms with van der Waals surface area (Å²) >= 11 is 3.51. The van der Waals surface area contributed by atoms with Crippen molar-refractivity contribution in [2.24, 2.45) is 5.41 Å². The zero-order chi connectivity index (χ0) is 21.0. The fraction of sp³-hybridized carbons (Fsp3) is 0.458. The molecule has 0 atom stereocenters. The van der Waals surface area contributed by atoms with Crippen LogP contribution < -0.4 is 4.74 Å². The molecule has 4 nitrogen and oxygen atoms in total. The number of carbonyl (C=O) groups excluding carboxylic acids is 1. The first-order valence-electron chi connectivity index (χ1n) is 10.2. The number of rotatable bonds is 5. The molecule has 156 valence electrons. The van der Waals surface area contributed by atoms with Crippen molar-refractivity contribution in [3.63, 3.8) is 0 Å². The lowest BCUT2D eigenvalue weighted by Crippen LogP contribution is -2.38. The Morgan fingerprint density at radius 3 is 2.34 bits per heavy atom. The van der Waals surface area contributed by atoms with E-state index in [0.717, 1.165) is 47.3 Å². The number of hydrogen-bond acceptors (Lipinski definition) is 4. The van der Waals surface area contributed by atoms with Gasteiger partial charge in [0, 0.05) is 17.6 Å². The summed E-state index contributed by atoms with van der Waals surface area (Å²) in [4.78, 5) is 17.6. The number of hydrogen-bond donors (Lipinski definition) is 0. The van der Waals surface area contributed by atoms with Gasteiger partial charge in [0.15, 0.2) is 0 Å². The lowest BCUT2D eigenvalue weighted by atomic mass is 9.89. The molecule has 3 rings (SSSR count). The zero-order valence-corrected chi connectivity index (χ0v) is 19.3. The van der Waals surface area contributed by atoms with Crippen LogP contribution in [0.15, 0.2) is 46.9 Å². The van der Waals surface area contributed by atoms with E-state index in [-0.39, 0.29) is 5.97 Å². The zero-order valence-electron chi connectivity index (χ0n) is 17.7. The standard InChI is InChI=1S/C24H30BrNO3/c1-17-15-21(9-10-22(17)25)28-16-18-5-7-19(8-6-18)20-11-13-26(14-12-20)29-23(27)24(2,3)4/h5-10,15,20H,11-14,16H2,1-4H3. The van der Waals surface area contributed by atoms with Crippen molar-refractivity contribution in [2.75, 3.05) is 13.1 Å². The van der Waals surface area contributed by atoms with Gasteiger partial charge in [-0.3, -0.25) is 0 Å². The Balaban J connectivity index is 1.49. The maximum Gasteiger partial charge on any atom is 0.330 e. The minimum atomic E-state index is -0.469. The first-order valence-corrected chi connectivity index (χ1v) is 11.0. The lowest BCUT2D eigenvalue weighted by Gasteiger charge is -2.32. The predicted octanol–water partition coefficient (Wildman–Crippen LogP) is 6.02. The van der Waals surface area contributed by atoms with E-state index in [1.165, 1.54) is 5.56 Å². The van der Waals surface area contributed by atoms with E-state index in [9.17, 15) is 4.79 Å². The van der Waals surface area contributed by atoms with Crippen molar-refractivity contribution in [3.8, 4) is 5.75 Å². The molecule has 1 fully saturated rings. The molecule has 29 heavy (non-hydrogen) atoms. The highest BCUT2D eigenvalue weighted by atomic mass is 79.9. The number of halogens is 1.